The van der Waals surface area contributed by atoms with Gasteiger partial charge in [-0.2, -0.15) is 0 Å². The second kappa shape index (κ2) is 8.01. The van der Waals surface area contributed by atoms with Gasteiger partial charge in [0, 0.05) is 17.4 Å². The maximum absolute atomic E-state index is 13.7. The zero-order valence-corrected chi connectivity index (χ0v) is 13.5. The molecule has 1 aromatic carbocycles. The standard InChI is InChI=1S/C16H24FNO2S/c1-3-4-7-21(19)18-12(2)14-8-15(17)10-16(9-14)20-11-13-5-6-13/h8-10,12-13,18H,3-7,11H2,1-2H3/t12-,21?/m0/s1. The molecule has 1 aliphatic carbocycles. The van der Waals surface area contributed by atoms with E-state index in [0.717, 1.165) is 18.4 Å². The summed E-state index contributed by atoms with van der Waals surface area (Å²) in [5, 5.41) is 0. The van der Waals surface area contributed by atoms with Gasteiger partial charge in [0.25, 0.3) is 0 Å². The topological polar surface area (TPSA) is 44.3 Å². The van der Waals surface area contributed by atoms with Crippen molar-refractivity contribution < 1.29 is 13.7 Å². The highest BCUT2D eigenvalue weighted by atomic mass is 32.2. The molecular weight excluding hydrogens is 289 g/mol. The Morgan fingerprint density at radius 3 is 2.86 bits per heavy atom. The molecule has 0 bridgehead atoms. The second-order valence-electron chi connectivity index (χ2n) is 5.72. The van der Waals surface area contributed by atoms with Crippen LogP contribution in [-0.2, 0) is 11.4 Å². The fraction of sp³-hybridized carbons (Fsp3) is 0.625. The van der Waals surface area contributed by atoms with Crippen molar-refractivity contribution >= 4 is 11.4 Å². The van der Waals surface area contributed by atoms with E-state index in [4.69, 9.17) is 4.74 Å². The third-order valence-corrected chi connectivity index (χ3v) is 4.84. The molecule has 5 heteroatoms. The average molecular weight is 313 g/mol. The first-order chi connectivity index (χ1) is 10.1. The molecule has 0 spiro atoms. The van der Waals surface area contributed by atoms with Gasteiger partial charge < -0.3 is 9.29 Å². The van der Waals surface area contributed by atoms with Crippen LogP contribution < -0.4 is 9.46 Å². The summed E-state index contributed by atoms with van der Waals surface area (Å²) in [6.07, 6.45) is 4.35. The summed E-state index contributed by atoms with van der Waals surface area (Å²) in [5.41, 5.74) is 0.769. The van der Waals surface area contributed by atoms with Crippen LogP contribution in [0.25, 0.3) is 0 Å². The van der Waals surface area contributed by atoms with E-state index in [9.17, 15) is 8.94 Å². The first-order valence-electron chi connectivity index (χ1n) is 7.66. The first kappa shape index (κ1) is 16.6. The predicted molar refractivity (Wildman–Crippen MR) is 84.1 cm³/mol. The van der Waals surface area contributed by atoms with Gasteiger partial charge in [-0.15, -0.1) is 4.72 Å². The quantitative estimate of drug-likeness (QED) is 0.707. The number of ether oxygens (including phenoxy) is 1. The van der Waals surface area contributed by atoms with Gasteiger partial charge in [0.05, 0.1) is 12.6 Å². The Morgan fingerprint density at radius 2 is 2.19 bits per heavy atom. The molecule has 1 N–H and O–H groups in total. The van der Waals surface area contributed by atoms with Crippen LogP contribution in [0, 0.1) is 11.7 Å². The van der Waals surface area contributed by atoms with Gasteiger partial charge in [0.2, 0.25) is 0 Å². The molecule has 0 aliphatic heterocycles. The highest BCUT2D eigenvalue weighted by Crippen LogP contribution is 2.30. The number of benzene rings is 1. The van der Waals surface area contributed by atoms with Crippen LogP contribution in [0.2, 0.25) is 0 Å². The normalized spacial score (nSPS) is 17.5. The first-order valence-corrected chi connectivity index (χ1v) is 8.98. The Morgan fingerprint density at radius 1 is 1.43 bits per heavy atom. The molecule has 2 rings (SSSR count). The summed E-state index contributed by atoms with van der Waals surface area (Å²) in [4.78, 5) is 0. The number of nitrogens with one attached hydrogen (secondary N) is 1. The summed E-state index contributed by atoms with van der Waals surface area (Å²) in [5.74, 6) is 1.51. The molecule has 118 valence electrons. The molecule has 1 aromatic rings. The largest absolute Gasteiger partial charge is 0.598 e. The van der Waals surface area contributed by atoms with Gasteiger partial charge in [0.15, 0.2) is 0 Å². The van der Waals surface area contributed by atoms with Gasteiger partial charge >= 0.3 is 0 Å². The van der Waals surface area contributed by atoms with E-state index >= 15 is 0 Å². The maximum atomic E-state index is 13.7. The molecule has 1 unspecified atom stereocenters. The van der Waals surface area contributed by atoms with Crippen molar-refractivity contribution in [3.05, 3.63) is 29.6 Å². The molecular formula is C16H24FNO2S. The minimum Gasteiger partial charge on any atom is -0.598 e. The average Bonchev–Trinajstić information content (AvgIpc) is 3.26. The van der Waals surface area contributed by atoms with Crippen LogP contribution in [-0.4, -0.2) is 16.9 Å². The fourth-order valence-corrected chi connectivity index (χ4v) is 3.22. The van der Waals surface area contributed by atoms with Gasteiger partial charge in [-0.05, 0) is 49.8 Å². The third-order valence-electron chi connectivity index (χ3n) is 3.57. The Bertz CT molecular complexity index is 454. The van der Waals surface area contributed by atoms with Crippen LogP contribution in [0.4, 0.5) is 4.39 Å². The van der Waals surface area contributed by atoms with E-state index in [0.29, 0.717) is 24.0 Å². The van der Waals surface area contributed by atoms with Crippen LogP contribution >= 0.6 is 0 Å². The zero-order chi connectivity index (χ0) is 15.2. The molecule has 21 heavy (non-hydrogen) atoms. The Balaban J connectivity index is 1.93. The van der Waals surface area contributed by atoms with Crippen LogP contribution in [0.15, 0.2) is 18.2 Å². The summed E-state index contributed by atoms with van der Waals surface area (Å²) in [6, 6.07) is 4.55. The van der Waals surface area contributed by atoms with Crippen LogP contribution in [0.5, 0.6) is 5.75 Å². The van der Waals surface area contributed by atoms with E-state index in [-0.39, 0.29) is 11.9 Å². The molecule has 0 saturated heterocycles. The summed E-state index contributed by atoms with van der Waals surface area (Å²) < 4.78 is 34.2. The highest BCUT2D eigenvalue weighted by Gasteiger charge is 2.22. The molecule has 1 aliphatic rings. The number of rotatable bonds is 9. The Hall–Kier alpha value is -0.780. The smallest absolute Gasteiger partial charge is 0.127 e. The molecule has 0 aromatic heterocycles. The SMILES string of the molecule is CCCC[S+]([O-])N[C@@H](C)c1cc(F)cc(OCC2CC2)c1. The van der Waals surface area contributed by atoms with Crippen molar-refractivity contribution in [2.45, 2.75) is 45.6 Å². The van der Waals surface area contributed by atoms with Gasteiger partial charge in [0.1, 0.15) is 17.3 Å². The van der Waals surface area contributed by atoms with Crippen molar-refractivity contribution in [2.24, 2.45) is 5.92 Å². The summed E-state index contributed by atoms with van der Waals surface area (Å²) >= 11 is -1.08. The third kappa shape index (κ3) is 5.85. The Labute approximate surface area is 129 Å². The number of halogens is 1. The molecule has 0 heterocycles. The lowest BCUT2D eigenvalue weighted by Crippen LogP contribution is -2.29. The molecule has 0 radical (unpaired) electrons. The van der Waals surface area contributed by atoms with Crippen molar-refractivity contribution in [1.29, 1.82) is 0 Å². The summed E-state index contributed by atoms with van der Waals surface area (Å²) in [7, 11) is 0. The maximum Gasteiger partial charge on any atom is 0.127 e. The van der Waals surface area contributed by atoms with E-state index in [1.807, 2.05) is 13.0 Å². The van der Waals surface area contributed by atoms with Crippen LogP contribution in [0.3, 0.4) is 0 Å². The Kier molecular flexibility index (Phi) is 6.33. The van der Waals surface area contributed by atoms with Gasteiger partial charge in [-0.3, -0.25) is 0 Å². The van der Waals surface area contributed by atoms with E-state index in [1.165, 1.54) is 25.0 Å². The molecule has 1 saturated carbocycles. The minimum atomic E-state index is -1.08. The van der Waals surface area contributed by atoms with Gasteiger partial charge in [-0.1, -0.05) is 13.3 Å². The molecule has 3 nitrogen and oxygen atoms in total. The number of hydrogen-bond acceptors (Lipinski definition) is 3. The van der Waals surface area contributed by atoms with E-state index < -0.39 is 11.4 Å². The summed E-state index contributed by atoms with van der Waals surface area (Å²) in [6.45, 7) is 4.62. The van der Waals surface area contributed by atoms with Crippen molar-refractivity contribution in [3.8, 4) is 5.75 Å². The fourth-order valence-electron chi connectivity index (χ4n) is 2.02. The molecule has 0 amide bonds. The lowest BCUT2D eigenvalue weighted by molar-refractivity contribution is 0.298. The zero-order valence-electron chi connectivity index (χ0n) is 12.7. The highest BCUT2D eigenvalue weighted by molar-refractivity contribution is 7.89. The van der Waals surface area contributed by atoms with Crippen molar-refractivity contribution in [1.82, 2.24) is 4.72 Å². The predicted octanol–water partition coefficient (Wildman–Crippen LogP) is 3.73. The van der Waals surface area contributed by atoms with Crippen molar-refractivity contribution in [2.75, 3.05) is 12.4 Å². The van der Waals surface area contributed by atoms with Crippen LogP contribution in [0.1, 0.15) is 51.1 Å². The lowest BCUT2D eigenvalue weighted by atomic mass is 10.1. The molecule has 1 fully saturated rings. The second-order valence-corrected chi connectivity index (χ2v) is 7.05. The van der Waals surface area contributed by atoms with E-state index in [2.05, 4.69) is 11.6 Å². The van der Waals surface area contributed by atoms with E-state index in [1.54, 1.807) is 0 Å². The number of hydrogen-bond donors (Lipinski definition) is 1. The minimum absolute atomic E-state index is 0.165. The van der Waals surface area contributed by atoms with Crippen molar-refractivity contribution in [3.63, 3.8) is 0 Å². The van der Waals surface area contributed by atoms with Gasteiger partial charge in [-0.25, -0.2) is 4.39 Å². The molecule has 2 atom stereocenters. The number of unbranched alkanes of at least 4 members (excludes halogenated alkanes) is 1. The monoisotopic (exact) mass is 313 g/mol. The lowest BCUT2D eigenvalue weighted by Gasteiger charge is -2.18.